The molecule has 9 heteroatoms. The third-order valence-corrected chi connectivity index (χ3v) is 3.87. The number of nitrogens with zero attached hydrogens (tertiary/aromatic N) is 5. The lowest BCUT2D eigenvalue weighted by Crippen LogP contribution is -2.27. The Hall–Kier alpha value is -3.23. The van der Waals surface area contributed by atoms with Gasteiger partial charge < -0.3 is 9.64 Å². The van der Waals surface area contributed by atoms with Gasteiger partial charge in [0.25, 0.3) is 5.91 Å². The van der Waals surface area contributed by atoms with E-state index in [4.69, 9.17) is 4.74 Å². The molecule has 2 aromatic heterocycles. The number of carbonyl (C=O) groups is 1. The summed E-state index contributed by atoms with van der Waals surface area (Å²) in [6.07, 6.45) is 3.41. The van der Waals surface area contributed by atoms with Crippen molar-refractivity contribution in [3.63, 3.8) is 0 Å². The molecule has 0 unspecified atom stereocenters. The minimum absolute atomic E-state index is 0.0941. The van der Waals surface area contributed by atoms with Crippen LogP contribution >= 0.6 is 0 Å². The maximum absolute atomic E-state index is 13.6. The van der Waals surface area contributed by atoms with E-state index in [-0.39, 0.29) is 24.1 Å². The van der Waals surface area contributed by atoms with E-state index in [9.17, 15) is 13.6 Å². The van der Waals surface area contributed by atoms with Gasteiger partial charge in [-0.25, -0.2) is 13.5 Å². The van der Waals surface area contributed by atoms with Crippen molar-refractivity contribution in [3.8, 4) is 5.75 Å². The lowest BCUT2D eigenvalue weighted by molar-refractivity contribution is 0.0775. The van der Waals surface area contributed by atoms with Gasteiger partial charge in [0, 0.05) is 32.1 Å². The van der Waals surface area contributed by atoms with Crippen LogP contribution < -0.4 is 4.74 Å². The fourth-order valence-electron chi connectivity index (χ4n) is 2.45. The number of benzene rings is 1. The molecule has 1 aromatic carbocycles. The third-order valence-electron chi connectivity index (χ3n) is 3.87. The van der Waals surface area contributed by atoms with Crippen molar-refractivity contribution < 1.29 is 18.3 Å². The Morgan fingerprint density at radius 1 is 1.15 bits per heavy atom. The van der Waals surface area contributed by atoms with Gasteiger partial charge in [0.2, 0.25) is 0 Å². The maximum Gasteiger partial charge on any atom is 0.274 e. The van der Waals surface area contributed by atoms with Crippen LogP contribution in [0.1, 0.15) is 23.1 Å². The molecule has 0 saturated carbocycles. The lowest BCUT2D eigenvalue weighted by atomic mass is 10.3. The average molecular weight is 375 g/mol. The number of amides is 1. The maximum atomic E-state index is 13.6. The molecule has 0 aliphatic rings. The molecule has 0 radical (unpaired) electrons. The van der Waals surface area contributed by atoms with Gasteiger partial charge in [-0.3, -0.25) is 9.48 Å². The van der Waals surface area contributed by atoms with Crippen LogP contribution in [0.3, 0.4) is 0 Å². The van der Waals surface area contributed by atoms with E-state index in [1.807, 2.05) is 19.2 Å². The second-order valence-corrected chi connectivity index (χ2v) is 5.91. The number of ether oxygens (including phenoxy) is 1. The fourth-order valence-corrected chi connectivity index (χ4v) is 2.45. The van der Waals surface area contributed by atoms with Gasteiger partial charge in [0.1, 0.15) is 5.82 Å². The summed E-state index contributed by atoms with van der Waals surface area (Å²) in [5, 5.41) is 8.48. The average Bonchev–Trinajstić information content (AvgIpc) is 3.29. The van der Waals surface area contributed by atoms with E-state index in [0.717, 1.165) is 24.4 Å². The zero-order valence-corrected chi connectivity index (χ0v) is 15.0. The molecule has 0 N–H and O–H groups in total. The molecule has 0 aliphatic heterocycles. The highest BCUT2D eigenvalue weighted by Gasteiger charge is 2.16. The highest BCUT2D eigenvalue weighted by atomic mass is 19.1. The molecule has 142 valence electrons. The Morgan fingerprint density at radius 2 is 1.93 bits per heavy atom. The van der Waals surface area contributed by atoms with E-state index in [2.05, 4.69) is 10.2 Å². The molecule has 0 aliphatic carbocycles. The normalized spacial score (nSPS) is 10.8. The number of hydrogen-bond acceptors (Lipinski definition) is 4. The molecule has 7 nitrogen and oxygen atoms in total. The van der Waals surface area contributed by atoms with Crippen molar-refractivity contribution in [3.05, 3.63) is 65.7 Å². The molecular weight excluding hydrogens is 356 g/mol. The predicted molar refractivity (Wildman–Crippen MR) is 92.9 cm³/mol. The summed E-state index contributed by atoms with van der Waals surface area (Å²) >= 11 is 0. The standard InChI is InChI=1S/C18H19F2N5O2/c1-3-24-8-6-14(21-24)11-23(2)18(26)16-7-9-25(22-16)12-27-17-5-4-13(19)10-15(17)20/h4-10H,3,11-12H2,1-2H3. The van der Waals surface area contributed by atoms with E-state index in [1.165, 1.54) is 15.6 Å². The van der Waals surface area contributed by atoms with Crippen LogP contribution in [0.15, 0.2) is 42.7 Å². The Morgan fingerprint density at radius 3 is 2.63 bits per heavy atom. The summed E-state index contributed by atoms with van der Waals surface area (Å²) in [6, 6.07) is 6.45. The topological polar surface area (TPSA) is 65.2 Å². The van der Waals surface area contributed by atoms with E-state index in [1.54, 1.807) is 24.0 Å². The van der Waals surface area contributed by atoms with Gasteiger partial charge >= 0.3 is 0 Å². The first-order chi connectivity index (χ1) is 13.0. The predicted octanol–water partition coefficient (Wildman–Crippen LogP) is 2.69. The molecule has 2 heterocycles. The third kappa shape index (κ3) is 4.49. The second kappa shape index (κ2) is 7.98. The molecular formula is C18H19F2N5O2. The smallest absolute Gasteiger partial charge is 0.274 e. The van der Waals surface area contributed by atoms with Crippen molar-refractivity contribution in [2.45, 2.75) is 26.7 Å². The van der Waals surface area contributed by atoms with Crippen molar-refractivity contribution in [1.82, 2.24) is 24.5 Å². The minimum Gasteiger partial charge on any atom is -0.468 e. The Balaban J connectivity index is 1.59. The number of aryl methyl sites for hydroxylation is 1. The Bertz CT molecular complexity index is 937. The molecule has 0 bridgehead atoms. The van der Waals surface area contributed by atoms with E-state index < -0.39 is 11.6 Å². The fraction of sp³-hybridized carbons (Fsp3) is 0.278. The van der Waals surface area contributed by atoms with E-state index in [0.29, 0.717) is 6.54 Å². The first kappa shape index (κ1) is 18.6. The summed E-state index contributed by atoms with van der Waals surface area (Å²) in [5.74, 6) is -1.85. The second-order valence-electron chi connectivity index (χ2n) is 5.91. The van der Waals surface area contributed by atoms with Crippen LogP contribution in [0.25, 0.3) is 0 Å². The summed E-state index contributed by atoms with van der Waals surface area (Å²) in [7, 11) is 1.66. The van der Waals surface area contributed by atoms with Gasteiger partial charge in [0.15, 0.2) is 24.0 Å². The van der Waals surface area contributed by atoms with Crippen LogP contribution in [0.2, 0.25) is 0 Å². The van der Waals surface area contributed by atoms with Gasteiger partial charge in [-0.2, -0.15) is 10.2 Å². The quantitative estimate of drug-likeness (QED) is 0.637. The molecule has 3 aromatic rings. The summed E-state index contributed by atoms with van der Waals surface area (Å²) in [4.78, 5) is 14.0. The highest BCUT2D eigenvalue weighted by molar-refractivity contribution is 5.91. The van der Waals surface area contributed by atoms with E-state index >= 15 is 0 Å². The summed E-state index contributed by atoms with van der Waals surface area (Å²) < 4.78 is 34.9. The molecule has 3 rings (SSSR count). The summed E-state index contributed by atoms with van der Waals surface area (Å²) in [5.41, 5.74) is 1.01. The van der Waals surface area contributed by atoms with Crippen molar-refractivity contribution >= 4 is 5.91 Å². The lowest BCUT2D eigenvalue weighted by Gasteiger charge is -2.14. The zero-order chi connectivity index (χ0) is 19.4. The minimum atomic E-state index is -0.801. The SMILES string of the molecule is CCn1ccc(CN(C)C(=O)c2ccn(COc3ccc(F)cc3F)n2)n1. The number of halogens is 2. The Labute approximate surface area is 154 Å². The van der Waals surface area contributed by atoms with Crippen LogP contribution in [-0.2, 0) is 19.8 Å². The first-order valence-corrected chi connectivity index (χ1v) is 8.35. The molecule has 0 spiro atoms. The van der Waals surface area contributed by atoms with Crippen molar-refractivity contribution in [1.29, 1.82) is 0 Å². The van der Waals surface area contributed by atoms with Gasteiger partial charge in [-0.1, -0.05) is 0 Å². The van der Waals surface area contributed by atoms with Gasteiger partial charge in [-0.05, 0) is 31.2 Å². The van der Waals surface area contributed by atoms with Crippen LogP contribution in [0.4, 0.5) is 8.78 Å². The molecule has 27 heavy (non-hydrogen) atoms. The van der Waals surface area contributed by atoms with Crippen LogP contribution in [-0.4, -0.2) is 37.4 Å². The molecule has 0 saturated heterocycles. The van der Waals surface area contributed by atoms with Crippen molar-refractivity contribution in [2.75, 3.05) is 7.05 Å². The molecule has 0 fully saturated rings. The monoisotopic (exact) mass is 375 g/mol. The van der Waals surface area contributed by atoms with Gasteiger partial charge in [0.05, 0.1) is 12.2 Å². The largest absolute Gasteiger partial charge is 0.468 e. The first-order valence-electron chi connectivity index (χ1n) is 8.35. The zero-order valence-electron chi connectivity index (χ0n) is 15.0. The highest BCUT2D eigenvalue weighted by Crippen LogP contribution is 2.18. The van der Waals surface area contributed by atoms with Crippen molar-refractivity contribution in [2.24, 2.45) is 0 Å². The van der Waals surface area contributed by atoms with Gasteiger partial charge in [-0.15, -0.1) is 0 Å². The number of carbonyl (C=O) groups excluding carboxylic acids is 1. The number of hydrogen-bond donors (Lipinski definition) is 0. The van der Waals surface area contributed by atoms with Crippen LogP contribution in [0.5, 0.6) is 5.75 Å². The van der Waals surface area contributed by atoms with Crippen LogP contribution in [0, 0.1) is 11.6 Å². The summed E-state index contributed by atoms with van der Waals surface area (Å²) in [6.45, 7) is 2.99. The molecule has 0 atom stereocenters. The molecule has 1 amide bonds. The number of rotatable bonds is 7. The number of aromatic nitrogens is 4. The Kier molecular flexibility index (Phi) is 5.49.